The van der Waals surface area contributed by atoms with Crippen LogP contribution in [0.25, 0.3) is 0 Å². The van der Waals surface area contributed by atoms with Gasteiger partial charge in [-0.3, -0.25) is 9.89 Å². The number of morpholine rings is 1. The van der Waals surface area contributed by atoms with Crippen molar-refractivity contribution in [1.29, 1.82) is 0 Å². The Kier molecular flexibility index (Phi) is 10.1. The van der Waals surface area contributed by atoms with E-state index in [1.165, 1.54) is 27.8 Å². The zero-order valence-corrected chi connectivity index (χ0v) is 20.3. The molecule has 1 atom stereocenters. The van der Waals surface area contributed by atoms with Crippen LogP contribution >= 0.6 is 47.1 Å². The Hall–Kier alpha value is -0.100. The average Bonchev–Trinajstić information content (AvgIpc) is 3.30. The van der Waals surface area contributed by atoms with E-state index in [1.807, 2.05) is 6.20 Å². The molecule has 0 aliphatic carbocycles. The number of nitrogens with one attached hydrogen (secondary N) is 2. The van der Waals surface area contributed by atoms with Gasteiger partial charge < -0.3 is 15.4 Å². The van der Waals surface area contributed by atoms with Gasteiger partial charge in [-0.25, -0.2) is 4.98 Å². The molecule has 0 saturated carbocycles. The molecule has 0 spiro atoms. The molecular formula is C18H32IN5OS2. The van der Waals surface area contributed by atoms with Crippen LogP contribution in [0.4, 0.5) is 0 Å². The SMILES string of the molecule is CCNC(=NCC1(N2CCOCC2)CCSC1)NCCc1ncc(C)s1.I. The second-order valence-corrected chi connectivity index (χ2v) is 9.29. The summed E-state index contributed by atoms with van der Waals surface area (Å²) >= 11 is 3.83. The first-order valence-electron chi connectivity index (χ1n) is 9.56. The number of hydrogen-bond acceptors (Lipinski definition) is 6. The predicted molar refractivity (Wildman–Crippen MR) is 127 cm³/mol. The lowest BCUT2D eigenvalue weighted by Gasteiger charge is -2.42. The van der Waals surface area contributed by atoms with Gasteiger partial charge in [0.25, 0.3) is 0 Å². The van der Waals surface area contributed by atoms with E-state index in [9.17, 15) is 0 Å². The van der Waals surface area contributed by atoms with Crippen molar-refractivity contribution in [2.24, 2.45) is 4.99 Å². The van der Waals surface area contributed by atoms with Crippen LogP contribution in [0.3, 0.4) is 0 Å². The topological polar surface area (TPSA) is 61.8 Å². The second kappa shape index (κ2) is 11.8. The van der Waals surface area contributed by atoms with Crippen LogP contribution < -0.4 is 10.6 Å². The van der Waals surface area contributed by atoms with Gasteiger partial charge in [-0.15, -0.1) is 35.3 Å². The highest BCUT2D eigenvalue weighted by molar-refractivity contribution is 14.0. The summed E-state index contributed by atoms with van der Waals surface area (Å²) in [5, 5.41) is 8.05. The summed E-state index contributed by atoms with van der Waals surface area (Å²) in [4.78, 5) is 13.3. The van der Waals surface area contributed by atoms with Gasteiger partial charge in [-0.2, -0.15) is 11.8 Å². The van der Waals surface area contributed by atoms with E-state index >= 15 is 0 Å². The third-order valence-electron chi connectivity index (χ3n) is 4.94. The number of guanidine groups is 1. The van der Waals surface area contributed by atoms with Crippen molar-refractivity contribution in [2.75, 3.05) is 57.4 Å². The zero-order valence-electron chi connectivity index (χ0n) is 16.3. The monoisotopic (exact) mass is 525 g/mol. The Morgan fingerprint density at radius 1 is 1.37 bits per heavy atom. The summed E-state index contributed by atoms with van der Waals surface area (Å²) in [6.45, 7) is 10.6. The number of rotatable bonds is 7. The number of halogens is 1. The summed E-state index contributed by atoms with van der Waals surface area (Å²) < 4.78 is 5.55. The standard InChI is InChI=1S/C18H31N5OS2.HI/c1-3-19-17(20-6-4-16-21-12-15(2)26-16)22-13-18(5-11-25-14-18)23-7-9-24-10-8-23;/h12H,3-11,13-14H2,1-2H3,(H2,19,20,22);1H. The molecule has 9 heteroatoms. The predicted octanol–water partition coefficient (Wildman–Crippen LogP) is 2.38. The first-order chi connectivity index (χ1) is 12.7. The Bertz CT molecular complexity index is 586. The Morgan fingerprint density at radius 2 is 2.19 bits per heavy atom. The third-order valence-corrected chi connectivity index (χ3v) is 7.15. The number of aliphatic imine (C=N–C) groups is 1. The van der Waals surface area contributed by atoms with Gasteiger partial charge in [0.05, 0.1) is 30.3 Å². The molecule has 3 rings (SSSR count). The highest BCUT2D eigenvalue weighted by Crippen LogP contribution is 2.34. The van der Waals surface area contributed by atoms with Crippen molar-refractivity contribution in [1.82, 2.24) is 20.5 Å². The lowest BCUT2D eigenvalue weighted by Crippen LogP contribution is -2.56. The first-order valence-corrected chi connectivity index (χ1v) is 11.5. The molecule has 1 aromatic heterocycles. The Labute approximate surface area is 188 Å². The van der Waals surface area contributed by atoms with E-state index in [-0.39, 0.29) is 29.5 Å². The van der Waals surface area contributed by atoms with E-state index in [0.29, 0.717) is 0 Å². The fourth-order valence-electron chi connectivity index (χ4n) is 3.48. The Balaban J connectivity index is 0.00000261. The number of aromatic nitrogens is 1. The van der Waals surface area contributed by atoms with Crippen LogP contribution in [-0.4, -0.2) is 78.8 Å². The molecule has 2 N–H and O–H groups in total. The molecule has 2 aliphatic rings. The van der Waals surface area contributed by atoms with Gasteiger partial charge in [0.1, 0.15) is 0 Å². The minimum absolute atomic E-state index is 0. The van der Waals surface area contributed by atoms with Gasteiger partial charge in [0, 0.05) is 49.4 Å². The highest BCUT2D eigenvalue weighted by atomic mass is 127. The highest BCUT2D eigenvalue weighted by Gasteiger charge is 2.40. The van der Waals surface area contributed by atoms with E-state index in [1.54, 1.807) is 11.3 Å². The molecule has 0 aromatic carbocycles. The molecule has 0 radical (unpaired) electrons. The first kappa shape index (κ1) is 23.2. The fourth-order valence-corrected chi connectivity index (χ4v) is 5.73. The van der Waals surface area contributed by atoms with Crippen LogP contribution in [0, 0.1) is 6.92 Å². The fraction of sp³-hybridized carbons (Fsp3) is 0.778. The lowest BCUT2D eigenvalue weighted by molar-refractivity contribution is -0.0104. The minimum Gasteiger partial charge on any atom is -0.379 e. The lowest BCUT2D eigenvalue weighted by atomic mass is 9.96. The molecule has 3 heterocycles. The quantitative estimate of drug-likeness (QED) is 0.324. The average molecular weight is 526 g/mol. The largest absolute Gasteiger partial charge is 0.379 e. The van der Waals surface area contributed by atoms with Crippen LogP contribution in [0.5, 0.6) is 0 Å². The molecular weight excluding hydrogens is 493 g/mol. The summed E-state index contributed by atoms with van der Waals surface area (Å²) in [6.07, 6.45) is 4.11. The van der Waals surface area contributed by atoms with Gasteiger partial charge in [0.15, 0.2) is 5.96 Å². The molecule has 0 amide bonds. The second-order valence-electron chi connectivity index (χ2n) is 6.86. The van der Waals surface area contributed by atoms with E-state index in [2.05, 4.69) is 46.1 Å². The van der Waals surface area contributed by atoms with E-state index in [4.69, 9.17) is 9.73 Å². The number of aryl methyl sites for hydroxylation is 1. The summed E-state index contributed by atoms with van der Waals surface area (Å²) in [6, 6.07) is 0. The van der Waals surface area contributed by atoms with E-state index < -0.39 is 0 Å². The maximum Gasteiger partial charge on any atom is 0.191 e. The van der Waals surface area contributed by atoms with Crippen molar-refractivity contribution in [2.45, 2.75) is 32.2 Å². The molecule has 2 saturated heterocycles. The van der Waals surface area contributed by atoms with Gasteiger partial charge >= 0.3 is 0 Å². The molecule has 2 aliphatic heterocycles. The number of thioether (sulfide) groups is 1. The van der Waals surface area contributed by atoms with Crippen molar-refractivity contribution < 1.29 is 4.74 Å². The van der Waals surface area contributed by atoms with Crippen molar-refractivity contribution in [3.8, 4) is 0 Å². The molecule has 0 bridgehead atoms. The molecule has 2 fully saturated rings. The van der Waals surface area contributed by atoms with Crippen LogP contribution in [0.15, 0.2) is 11.2 Å². The van der Waals surface area contributed by atoms with Crippen LogP contribution in [0.1, 0.15) is 23.2 Å². The van der Waals surface area contributed by atoms with Crippen molar-refractivity contribution in [3.05, 3.63) is 16.1 Å². The Morgan fingerprint density at radius 3 is 2.81 bits per heavy atom. The van der Waals surface area contributed by atoms with Gasteiger partial charge in [0.2, 0.25) is 0 Å². The molecule has 27 heavy (non-hydrogen) atoms. The number of nitrogens with zero attached hydrogens (tertiary/aromatic N) is 3. The normalized spacial score (nSPS) is 23.9. The van der Waals surface area contributed by atoms with Crippen LogP contribution in [-0.2, 0) is 11.2 Å². The maximum atomic E-state index is 5.55. The van der Waals surface area contributed by atoms with E-state index in [0.717, 1.165) is 58.3 Å². The number of ether oxygens (including phenoxy) is 1. The van der Waals surface area contributed by atoms with Gasteiger partial charge in [-0.05, 0) is 26.0 Å². The van der Waals surface area contributed by atoms with Gasteiger partial charge in [-0.1, -0.05) is 0 Å². The molecule has 1 aromatic rings. The third kappa shape index (κ3) is 6.73. The summed E-state index contributed by atoms with van der Waals surface area (Å²) in [5.41, 5.74) is 0.198. The molecule has 1 unspecified atom stereocenters. The molecule has 6 nitrogen and oxygen atoms in total. The maximum absolute atomic E-state index is 5.55. The van der Waals surface area contributed by atoms with Crippen molar-refractivity contribution >= 4 is 53.0 Å². The molecule has 154 valence electrons. The smallest absolute Gasteiger partial charge is 0.191 e. The minimum atomic E-state index is 0. The zero-order chi connectivity index (χ0) is 18.2. The summed E-state index contributed by atoms with van der Waals surface area (Å²) in [5.74, 6) is 3.33. The number of hydrogen-bond donors (Lipinski definition) is 2. The van der Waals surface area contributed by atoms with Crippen molar-refractivity contribution in [3.63, 3.8) is 0 Å². The van der Waals surface area contributed by atoms with Crippen LogP contribution in [0.2, 0.25) is 0 Å². The summed E-state index contributed by atoms with van der Waals surface area (Å²) in [7, 11) is 0. The number of thiazole rings is 1.